The normalized spacial score (nSPS) is 9.33. The number of rotatable bonds is 2. The Kier molecular flexibility index (Phi) is 12.2. The van der Waals surface area contributed by atoms with Gasteiger partial charge in [-0.2, -0.15) is 8.78 Å². The molecule has 0 atom stereocenters. The van der Waals surface area contributed by atoms with Gasteiger partial charge in [0.25, 0.3) is 0 Å². The molecule has 0 amide bonds. The van der Waals surface area contributed by atoms with Crippen LogP contribution in [-0.2, 0) is 4.94 Å². The minimum atomic E-state index is -3.81. The quantitative estimate of drug-likeness (QED) is 0.406. The summed E-state index contributed by atoms with van der Waals surface area (Å²) in [5.41, 5.74) is 4.30. The van der Waals surface area contributed by atoms with E-state index in [-0.39, 0.29) is 31.3 Å². The first-order valence-corrected chi connectivity index (χ1v) is 1.50. The van der Waals surface area contributed by atoms with E-state index in [2.05, 4.69) is 10.7 Å². The molecule has 0 aromatic heterocycles. The molecule has 0 heterocycles. The summed E-state index contributed by atoms with van der Waals surface area (Å²) in [5.74, 6) is 0. The molecule has 0 saturated carbocycles. The van der Waals surface area contributed by atoms with Crippen LogP contribution in [0.1, 0.15) is 0 Å². The molecule has 0 saturated heterocycles. The van der Waals surface area contributed by atoms with Crippen LogP contribution < -0.4 is 37.0 Å². The first-order valence-electron chi connectivity index (χ1n) is 1.50. The van der Waals surface area contributed by atoms with E-state index in [0.29, 0.717) is 0 Å². The second-order valence-electron chi connectivity index (χ2n) is 0.919. The molecule has 7 heteroatoms. The largest absolute Gasteiger partial charge is 1.00 e. The first kappa shape index (κ1) is 16.3. The van der Waals surface area contributed by atoms with Crippen LogP contribution in [0.4, 0.5) is 13.3 Å². The SMILES string of the molecule is NCC(F)(F)OF.[Cl-].[Li+]. The third-order valence-corrected chi connectivity index (χ3v) is 0.351. The maximum Gasteiger partial charge on any atom is 1.00 e. The molecule has 0 aliphatic carbocycles. The Morgan fingerprint density at radius 3 is 1.78 bits per heavy atom. The number of halogens is 4. The van der Waals surface area contributed by atoms with E-state index in [1.165, 1.54) is 0 Å². The predicted molar refractivity (Wildman–Crippen MR) is 16.2 cm³/mol. The minimum absolute atomic E-state index is 0. The molecule has 0 fully saturated rings. The van der Waals surface area contributed by atoms with Crippen LogP contribution in [0.2, 0.25) is 0 Å². The molecule has 0 aliphatic heterocycles. The van der Waals surface area contributed by atoms with Crippen LogP contribution in [0, 0.1) is 0 Å². The van der Waals surface area contributed by atoms with Crippen molar-refractivity contribution in [2.45, 2.75) is 6.11 Å². The summed E-state index contributed by atoms with van der Waals surface area (Å²) in [6.07, 6.45) is -3.81. The van der Waals surface area contributed by atoms with Crippen molar-refractivity contribution in [2.24, 2.45) is 5.73 Å². The second kappa shape index (κ2) is 6.71. The number of alkyl halides is 2. The Morgan fingerprint density at radius 1 is 1.44 bits per heavy atom. The summed E-state index contributed by atoms with van der Waals surface area (Å²) in [6.45, 7) is -1.14. The van der Waals surface area contributed by atoms with E-state index < -0.39 is 12.7 Å². The van der Waals surface area contributed by atoms with E-state index in [4.69, 9.17) is 0 Å². The summed E-state index contributed by atoms with van der Waals surface area (Å²) in [4.78, 5) is 2.13. The molecule has 0 aliphatic rings. The van der Waals surface area contributed by atoms with Crippen molar-refractivity contribution in [1.82, 2.24) is 0 Å². The van der Waals surface area contributed by atoms with Crippen molar-refractivity contribution in [3.63, 3.8) is 0 Å². The average molecular weight is 157 g/mol. The van der Waals surface area contributed by atoms with Crippen molar-refractivity contribution in [2.75, 3.05) is 6.54 Å². The van der Waals surface area contributed by atoms with Gasteiger partial charge in [-0.25, -0.2) is 0 Å². The van der Waals surface area contributed by atoms with Gasteiger partial charge in [-0.15, -0.1) is 4.94 Å². The molecule has 0 rings (SSSR count). The minimum Gasteiger partial charge on any atom is -1.00 e. The molecule has 9 heavy (non-hydrogen) atoms. The van der Waals surface area contributed by atoms with E-state index in [9.17, 15) is 13.3 Å². The van der Waals surface area contributed by atoms with E-state index in [1.807, 2.05) is 0 Å². The van der Waals surface area contributed by atoms with Gasteiger partial charge in [-0.1, -0.05) is 0 Å². The zero-order valence-electron chi connectivity index (χ0n) is 4.70. The number of hydrogen-bond donors (Lipinski definition) is 1. The van der Waals surface area contributed by atoms with Gasteiger partial charge < -0.3 is 18.1 Å². The fourth-order valence-electron chi connectivity index (χ4n) is 0.0315. The maximum absolute atomic E-state index is 11.2. The molecule has 0 aromatic rings. The van der Waals surface area contributed by atoms with Crippen molar-refractivity contribution >= 4 is 0 Å². The van der Waals surface area contributed by atoms with Crippen molar-refractivity contribution in [3.8, 4) is 0 Å². The molecule has 0 radical (unpaired) electrons. The van der Waals surface area contributed by atoms with Gasteiger partial charge in [0.05, 0.1) is 6.54 Å². The Morgan fingerprint density at radius 2 is 1.78 bits per heavy atom. The third kappa shape index (κ3) is 8.60. The van der Waals surface area contributed by atoms with Gasteiger partial charge >= 0.3 is 25.0 Å². The number of hydrogen-bond acceptors (Lipinski definition) is 2. The van der Waals surface area contributed by atoms with Crippen LogP contribution in [0.3, 0.4) is 0 Å². The summed E-state index contributed by atoms with van der Waals surface area (Å²) >= 11 is 0. The summed E-state index contributed by atoms with van der Waals surface area (Å²) in [6, 6.07) is 0. The molecule has 0 bridgehead atoms. The Bertz CT molecular complexity index is 59.8. The molecule has 2 N–H and O–H groups in total. The maximum atomic E-state index is 11.2. The van der Waals surface area contributed by atoms with Crippen LogP contribution in [0.25, 0.3) is 0 Å². The fraction of sp³-hybridized carbons (Fsp3) is 1.00. The predicted octanol–water partition coefficient (Wildman–Crippen LogP) is -5.55. The van der Waals surface area contributed by atoms with Crippen LogP contribution in [0.15, 0.2) is 0 Å². The van der Waals surface area contributed by atoms with Crippen LogP contribution >= 0.6 is 0 Å². The van der Waals surface area contributed by atoms with Crippen molar-refractivity contribution < 1.29 is 49.5 Å². The summed E-state index contributed by atoms with van der Waals surface area (Å²) in [5, 5.41) is 0. The topological polar surface area (TPSA) is 35.2 Å². The monoisotopic (exact) mass is 157 g/mol. The molecule has 0 unspecified atom stereocenters. The first-order chi connectivity index (χ1) is 3.12. The van der Waals surface area contributed by atoms with Gasteiger partial charge in [-0.05, 0) is 4.53 Å². The molecule has 0 spiro atoms. The molecule has 2 nitrogen and oxygen atoms in total. The van der Waals surface area contributed by atoms with Crippen molar-refractivity contribution in [3.05, 3.63) is 0 Å². The molecule has 0 aromatic carbocycles. The van der Waals surface area contributed by atoms with E-state index in [1.54, 1.807) is 0 Å². The molecular formula is C2H4ClF3LiNO. The molecule has 52 valence electrons. The smallest absolute Gasteiger partial charge is 1.00 e. The van der Waals surface area contributed by atoms with Crippen molar-refractivity contribution in [1.29, 1.82) is 0 Å². The van der Waals surface area contributed by atoms with Gasteiger partial charge in [0, 0.05) is 0 Å². The third-order valence-electron chi connectivity index (χ3n) is 0.351. The Balaban J connectivity index is -0.000000180. The van der Waals surface area contributed by atoms with E-state index >= 15 is 0 Å². The molecular weight excluding hydrogens is 153 g/mol. The zero-order valence-corrected chi connectivity index (χ0v) is 5.46. The standard InChI is InChI=1S/C2H4F3NO.ClH.Li/c3-2(4,1-6)7-5;;/h1,6H2;1H;/q;;+1/p-1. The summed E-state index contributed by atoms with van der Waals surface area (Å²) < 4.78 is 32.8. The van der Waals surface area contributed by atoms with Crippen LogP contribution in [0.5, 0.6) is 0 Å². The number of nitrogens with two attached hydrogens (primary N) is 1. The van der Waals surface area contributed by atoms with Crippen LogP contribution in [-0.4, -0.2) is 12.7 Å². The Hall–Kier alpha value is 0.597. The summed E-state index contributed by atoms with van der Waals surface area (Å²) in [7, 11) is 0. The average Bonchev–Trinajstić information content (AvgIpc) is 1.68. The second-order valence-corrected chi connectivity index (χ2v) is 0.919. The zero-order chi connectivity index (χ0) is 5.91. The fourth-order valence-corrected chi connectivity index (χ4v) is 0.0315. The van der Waals surface area contributed by atoms with E-state index in [0.717, 1.165) is 0 Å². The van der Waals surface area contributed by atoms with Gasteiger partial charge in [0.1, 0.15) is 0 Å². The van der Waals surface area contributed by atoms with Gasteiger partial charge in [0.15, 0.2) is 0 Å². The van der Waals surface area contributed by atoms with Gasteiger partial charge in [0.2, 0.25) is 0 Å². The van der Waals surface area contributed by atoms with Gasteiger partial charge in [-0.3, -0.25) is 0 Å². The Labute approximate surface area is 68.4 Å².